The number of aromatic carboxylic acids is 1. The second kappa shape index (κ2) is 7.17. The Morgan fingerprint density at radius 2 is 2.12 bits per heavy atom. The lowest BCUT2D eigenvalue weighted by Crippen LogP contribution is -2.22. The summed E-state index contributed by atoms with van der Waals surface area (Å²) in [5.74, 6) is 2.42. The van der Waals surface area contributed by atoms with E-state index in [0.717, 1.165) is 29.9 Å². The molecular formula is C17H20N2O4S. The number of aryl methyl sites for hydroxylation is 1. The number of hydrogen-bond donors (Lipinski definition) is 1. The largest absolute Gasteiger partial charge is 0.493 e. The molecule has 0 bridgehead atoms. The van der Waals surface area contributed by atoms with E-state index in [2.05, 4.69) is 5.10 Å². The standard InChI is InChI=1S/C17H20N2O4S/c1-19-14(10-13(18-19)17(20)21)12-4-3-5-15(22-2)16(12)23-11-6-8-24-9-7-11/h3-5,10-11H,6-9H2,1-2H3,(H,20,21). The molecule has 0 unspecified atom stereocenters. The molecule has 1 fully saturated rings. The summed E-state index contributed by atoms with van der Waals surface area (Å²) in [6, 6.07) is 7.18. The number of aromatic nitrogens is 2. The highest BCUT2D eigenvalue weighted by molar-refractivity contribution is 7.99. The zero-order chi connectivity index (χ0) is 17.1. The first-order chi connectivity index (χ1) is 11.6. The van der Waals surface area contributed by atoms with Gasteiger partial charge in [-0.15, -0.1) is 0 Å². The molecule has 1 N–H and O–H groups in total. The Hall–Kier alpha value is -2.15. The van der Waals surface area contributed by atoms with Crippen molar-refractivity contribution in [3.63, 3.8) is 0 Å². The van der Waals surface area contributed by atoms with E-state index in [1.165, 1.54) is 0 Å². The van der Waals surface area contributed by atoms with Crippen molar-refractivity contribution in [2.45, 2.75) is 18.9 Å². The first kappa shape index (κ1) is 16.7. The van der Waals surface area contributed by atoms with Crippen LogP contribution in [0.1, 0.15) is 23.3 Å². The highest BCUT2D eigenvalue weighted by atomic mass is 32.2. The Morgan fingerprint density at radius 1 is 1.38 bits per heavy atom. The molecule has 128 valence electrons. The molecule has 3 rings (SSSR count). The van der Waals surface area contributed by atoms with Crippen LogP contribution in [0.4, 0.5) is 0 Å². The molecule has 2 aromatic rings. The van der Waals surface area contributed by atoms with Crippen molar-refractivity contribution in [2.24, 2.45) is 7.05 Å². The lowest BCUT2D eigenvalue weighted by molar-refractivity contribution is 0.0689. The highest BCUT2D eigenvalue weighted by Gasteiger charge is 2.22. The third-order valence-electron chi connectivity index (χ3n) is 4.03. The maximum Gasteiger partial charge on any atom is 0.356 e. The Bertz CT molecular complexity index is 738. The smallest absolute Gasteiger partial charge is 0.356 e. The normalized spacial score (nSPS) is 15.2. The van der Waals surface area contributed by atoms with Gasteiger partial charge in [0, 0.05) is 12.6 Å². The van der Waals surface area contributed by atoms with Crippen molar-refractivity contribution in [3.8, 4) is 22.8 Å². The van der Waals surface area contributed by atoms with Gasteiger partial charge in [0.2, 0.25) is 0 Å². The van der Waals surface area contributed by atoms with Gasteiger partial charge in [0.15, 0.2) is 17.2 Å². The maximum absolute atomic E-state index is 11.2. The molecule has 1 saturated heterocycles. The summed E-state index contributed by atoms with van der Waals surface area (Å²) in [6.45, 7) is 0. The molecule has 1 aliphatic heterocycles. The molecule has 0 amide bonds. The van der Waals surface area contributed by atoms with Gasteiger partial charge < -0.3 is 14.6 Å². The lowest BCUT2D eigenvalue weighted by Gasteiger charge is -2.25. The van der Waals surface area contributed by atoms with Gasteiger partial charge in [0.25, 0.3) is 0 Å². The number of ether oxygens (including phenoxy) is 2. The SMILES string of the molecule is COc1cccc(-c2cc(C(=O)O)nn2C)c1OC1CCSCC1. The molecule has 6 nitrogen and oxygen atoms in total. The highest BCUT2D eigenvalue weighted by Crippen LogP contribution is 2.40. The number of para-hydroxylation sites is 1. The average molecular weight is 348 g/mol. The number of rotatable bonds is 5. The van der Waals surface area contributed by atoms with Crippen molar-refractivity contribution < 1.29 is 19.4 Å². The molecular weight excluding hydrogens is 328 g/mol. The molecule has 1 aromatic carbocycles. The number of benzene rings is 1. The van der Waals surface area contributed by atoms with E-state index < -0.39 is 5.97 Å². The van der Waals surface area contributed by atoms with Crippen molar-refractivity contribution in [2.75, 3.05) is 18.6 Å². The summed E-state index contributed by atoms with van der Waals surface area (Å²) >= 11 is 1.94. The van der Waals surface area contributed by atoms with E-state index in [1.807, 2.05) is 30.0 Å². The lowest BCUT2D eigenvalue weighted by atomic mass is 10.1. The van der Waals surface area contributed by atoms with E-state index in [4.69, 9.17) is 14.6 Å². The zero-order valence-corrected chi connectivity index (χ0v) is 14.5. The minimum Gasteiger partial charge on any atom is -0.493 e. The van der Waals surface area contributed by atoms with Gasteiger partial charge in [-0.05, 0) is 42.5 Å². The monoisotopic (exact) mass is 348 g/mol. The second-order valence-electron chi connectivity index (χ2n) is 5.61. The Labute approximate surface area is 144 Å². The zero-order valence-electron chi connectivity index (χ0n) is 13.7. The molecule has 0 saturated carbocycles. The maximum atomic E-state index is 11.2. The number of carboxylic acid groups (broad SMARTS) is 1. The molecule has 0 aliphatic carbocycles. The fraction of sp³-hybridized carbons (Fsp3) is 0.412. The van der Waals surface area contributed by atoms with Crippen molar-refractivity contribution in [1.82, 2.24) is 9.78 Å². The number of hydrogen-bond acceptors (Lipinski definition) is 5. The number of carboxylic acids is 1. The number of carbonyl (C=O) groups is 1. The van der Waals surface area contributed by atoms with Gasteiger partial charge in [0.1, 0.15) is 6.10 Å². The summed E-state index contributed by atoms with van der Waals surface area (Å²) in [7, 11) is 3.33. The van der Waals surface area contributed by atoms with Crippen molar-refractivity contribution in [1.29, 1.82) is 0 Å². The Kier molecular flexibility index (Phi) is 4.99. The fourth-order valence-electron chi connectivity index (χ4n) is 2.78. The van der Waals surface area contributed by atoms with Gasteiger partial charge in [-0.2, -0.15) is 16.9 Å². The molecule has 1 aromatic heterocycles. The van der Waals surface area contributed by atoms with Crippen LogP contribution < -0.4 is 9.47 Å². The second-order valence-corrected chi connectivity index (χ2v) is 6.83. The average Bonchev–Trinajstić information content (AvgIpc) is 2.98. The van der Waals surface area contributed by atoms with Gasteiger partial charge in [-0.3, -0.25) is 4.68 Å². The third kappa shape index (κ3) is 3.36. The molecule has 7 heteroatoms. The predicted octanol–water partition coefficient (Wildman–Crippen LogP) is 3.07. The van der Waals surface area contributed by atoms with Gasteiger partial charge >= 0.3 is 5.97 Å². The van der Waals surface area contributed by atoms with Gasteiger partial charge in [0.05, 0.1) is 12.8 Å². The topological polar surface area (TPSA) is 73.6 Å². The third-order valence-corrected chi connectivity index (χ3v) is 5.08. The first-order valence-electron chi connectivity index (χ1n) is 7.79. The minimum atomic E-state index is -1.05. The predicted molar refractivity (Wildman–Crippen MR) is 93.1 cm³/mol. The molecule has 0 radical (unpaired) electrons. The summed E-state index contributed by atoms with van der Waals surface area (Å²) in [6.07, 6.45) is 2.13. The molecule has 1 aliphatic rings. The van der Waals surface area contributed by atoms with Crippen LogP contribution in [0.25, 0.3) is 11.3 Å². The number of nitrogens with zero attached hydrogens (tertiary/aromatic N) is 2. The van der Waals surface area contributed by atoms with Crippen LogP contribution in [-0.4, -0.2) is 45.6 Å². The van der Waals surface area contributed by atoms with E-state index in [0.29, 0.717) is 17.2 Å². The summed E-state index contributed by atoms with van der Waals surface area (Å²) in [4.78, 5) is 11.2. The number of thioether (sulfide) groups is 1. The molecule has 0 atom stereocenters. The summed E-state index contributed by atoms with van der Waals surface area (Å²) in [5, 5.41) is 13.2. The molecule has 24 heavy (non-hydrogen) atoms. The van der Waals surface area contributed by atoms with Crippen LogP contribution in [0.2, 0.25) is 0 Å². The van der Waals surface area contributed by atoms with Gasteiger partial charge in [-0.25, -0.2) is 4.79 Å². The van der Waals surface area contributed by atoms with Crippen molar-refractivity contribution in [3.05, 3.63) is 30.0 Å². The quantitative estimate of drug-likeness (QED) is 0.895. The van der Waals surface area contributed by atoms with Crippen molar-refractivity contribution >= 4 is 17.7 Å². The molecule has 0 spiro atoms. The van der Waals surface area contributed by atoms with Crippen LogP contribution in [0.15, 0.2) is 24.3 Å². The van der Waals surface area contributed by atoms with E-state index in [-0.39, 0.29) is 11.8 Å². The summed E-state index contributed by atoms with van der Waals surface area (Å²) < 4.78 is 13.3. The Morgan fingerprint density at radius 3 is 2.75 bits per heavy atom. The molecule has 2 heterocycles. The fourth-order valence-corrected chi connectivity index (χ4v) is 3.85. The Balaban J connectivity index is 2.02. The summed E-state index contributed by atoms with van der Waals surface area (Å²) in [5.41, 5.74) is 1.48. The first-order valence-corrected chi connectivity index (χ1v) is 8.94. The van der Waals surface area contributed by atoms with Gasteiger partial charge in [-0.1, -0.05) is 6.07 Å². The van der Waals surface area contributed by atoms with Crippen LogP contribution >= 0.6 is 11.8 Å². The van der Waals surface area contributed by atoms with E-state index in [1.54, 1.807) is 24.9 Å². The minimum absolute atomic E-state index is 0.00957. The van der Waals surface area contributed by atoms with Crippen LogP contribution in [0.5, 0.6) is 11.5 Å². The van der Waals surface area contributed by atoms with Crippen LogP contribution in [0.3, 0.4) is 0 Å². The van der Waals surface area contributed by atoms with Crippen LogP contribution in [0, 0.1) is 0 Å². The van der Waals surface area contributed by atoms with E-state index >= 15 is 0 Å². The van der Waals surface area contributed by atoms with Crippen LogP contribution in [-0.2, 0) is 7.05 Å². The van der Waals surface area contributed by atoms with E-state index in [9.17, 15) is 4.79 Å². The number of methoxy groups -OCH3 is 1.